The Morgan fingerprint density at radius 3 is 2.38 bits per heavy atom. The van der Waals surface area contributed by atoms with E-state index in [1.54, 1.807) is 0 Å². The number of hydrogen-bond donors (Lipinski definition) is 0. The van der Waals surface area contributed by atoms with Crippen LogP contribution in [0.4, 0.5) is 10.2 Å². The van der Waals surface area contributed by atoms with Crippen LogP contribution in [0.1, 0.15) is 47.2 Å². The fourth-order valence-electron chi connectivity index (χ4n) is 3.70. The minimum atomic E-state index is -0.338. The van der Waals surface area contributed by atoms with Gasteiger partial charge in [0.1, 0.15) is 5.82 Å². The summed E-state index contributed by atoms with van der Waals surface area (Å²) in [4.78, 5) is 8.99. The number of benzene rings is 2. The highest BCUT2D eigenvalue weighted by molar-refractivity contribution is 9.09. The number of rotatable bonds is 8. The summed E-state index contributed by atoms with van der Waals surface area (Å²) in [6.07, 6.45) is 4.96. The van der Waals surface area contributed by atoms with Gasteiger partial charge in [-0.15, -0.1) is 0 Å². The summed E-state index contributed by atoms with van der Waals surface area (Å²) in [6.45, 7) is 1.20. The lowest BCUT2D eigenvalue weighted by Crippen LogP contribution is -2.23. The van der Waals surface area contributed by atoms with Crippen LogP contribution >= 0.6 is 15.9 Å². The molecule has 1 aromatic heterocycles. The third kappa shape index (κ3) is 5.88. The number of alkyl halides is 1. The molecule has 3 aromatic rings. The van der Waals surface area contributed by atoms with E-state index in [0.717, 1.165) is 42.7 Å². The first-order valence-electron chi connectivity index (χ1n) is 10.9. The summed E-state index contributed by atoms with van der Waals surface area (Å²) in [5.41, 5.74) is 3.07. The second kappa shape index (κ2) is 11.5. The molecule has 4 nitrogen and oxygen atoms in total. The average Bonchev–Trinajstić information content (AvgIpc) is 2.84. The topological polar surface area (TPSA) is 43.7 Å². The quantitative estimate of drug-likeness (QED) is 0.255. The zero-order valence-electron chi connectivity index (χ0n) is 17.8. The molecule has 2 heterocycles. The van der Waals surface area contributed by atoms with Gasteiger partial charge in [0.05, 0.1) is 12.3 Å². The van der Waals surface area contributed by atoms with Crippen molar-refractivity contribution in [2.75, 3.05) is 13.2 Å². The highest BCUT2D eigenvalue weighted by Crippen LogP contribution is 2.35. The molecular formula is C26H26BrFN2O2. The number of ether oxygens (including phenoxy) is 2. The van der Waals surface area contributed by atoms with E-state index >= 15 is 0 Å². The molecule has 1 fully saturated rings. The van der Waals surface area contributed by atoms with Crippen molar-refractivity contribution in [2.24, 2.45) is 4.99 Å². The molecule has 0 saturated carbocycles. The van der Waals surface area contributed by atoms with E-state index in [4.69, 9.17) is 14.5 Å². The third-order valence-electron chi connectivity index (χ3n) is 5.35. The fourth-order valence-corrected chi connectivity index (χ4v) is 4.31. The lowest BCUT2D eigenvalue weighted by Gasteiger charge is -2.23. The molecule has 0 aliphatic carbocycles. The highest BCUT2D eigenvalue weighted by atomic mass is 79.9. The van der Waals surface area contributed by atoms with Crippen molar-refractivity contribution < 1.29 is 13.9 Å². The van der Waals surface area contributed by atoms with Crippen molar-refractivity contribution in [2.45, 2.75) is 36.8 Å². The second-order valence-electron chi connectivity index (χ2n) is 7.65. The number of hydrogen-bond acceptors (Lipinski definition) is 4. The van der Waals surface area contributed by atoms with Crippen LogP contribution in [0.25, 0.3) is 0 Å². The predicted octanol–water partition coefficient (Wildman–Crippen LogP) is 6.76. The van der Waals surface area contributed by atoms with Gasteiger partial charge in [0.2, 0.25) is 0 Å². The molecule has 2 aromatic carbocycles. The number of nitrogens with zero attached hydrogens (tertiary/aromatic N) is 2. The first kappa shape index (κ1) is 22.8. The predicted molar refractivity (Wildman–Crippen MR) is 128 cm³/mol. The number of pyridine rings is 1. The van der Waals surface area contributed by atoms with Crippen molar-refractivity contribution in [3.05, 3.63) is 95.4 Å². The SMILES string of the molecule is Fc1ccnc(N=C(c2ccccc2)c2ccccc2)c1C(Br)CCOC1CCCCO1. The van der Waals surface area contributed by atoms with Crippen LogP contribution < -0.4 is 0 Å². The standard InChI is InChI=1S/C26H26BrFN2O2/c27-21(15-18-32-23-13-7-8-17-31-23)24-22(28)14-16-29-26(24)30-25(19-9-3-1-4-10-19)20-11-5-2-6-12-20/h1-6,9-12,14,16,21,23H,7-8,13,15,17-18H2. The zero-order chi connectivity index (χ0) is 22.2. The summed E-state index contributed by atoms with van der Waals surface area (Å²) in [7, 11) is 0. The Morgan fingerprint density at radius 2 is 1.75 bits per heavy atom. The Kier molecular flexibility index (Phi) is 8.15. The third-order valence-corrected chi connectivity index (χ3v) is 6.27. The second-order valence-corrected chi connectivity index (χ2v) is 8.75. The molecule has 1 saturated heterocycles. The lowest BCUT2D eigenvalue weighted by atomic mass is 10.0. The Bertz CT molecular complexity index is 983. The molecule has 0 N–H and O–H groups in total. The summed E-state index contributed by atoms with van der Waals surface area (Å²) in [6, 6.07) is 21.1. The van der Waals surface area contributed by atoms with E-state index in [1.807, 2.05) is 60.7 Å². The van der Waals surface area contributed by atoms with Crippen LogP contribution in [0.2, 0.25) is 0 Å². The Balaban J connectivity index is 1.61. The molecule has 2 unspecified atom stereocenters. The first-order valence-corrected chi connectivity index (χ1v) is 11.8. The van der Waals surface area contributed by atoms with E-state index in [0.29, 0.717) is 24.4 Å². The van der Waals surface area contributed by atoms with Crippen molar-refractivity contribution in [3.8, 4) is 0 Å². The Hall–Kier alpha value is -2.41. The molecule has 6 heteroatoms. The van der Waals surface area contributed by atoms with Crippen LogP contribution in [0.15, 0.2) is 77.9 Å². The smallest absolute Gasteiger partial charge is 0.159 e. The molecule has 32 heavy (non-hydrogen) atoms. The largest absolute Gasteiger partial charge is 0.353 e. The normalized spacial score (nSPS) is 17.0. The van der Waals surface area contributed by atoms with Gasteiger partial charge in [0.25, 0.3) is 0 Å². The van der Waals surface area contributed by atoms with Gasteiger partial charge in [-0.2, -0.15) is 0 Å². The lowest BCUT2D eigenvalue weighted by molar-refractivity contribution is -0.162. The number of aromatic nitrogens is 1. The van der Waals surface area contributed by atoms with Crippen molar-refractivity contribution >= 4 is 27.5 Å². The molecule has 2 atom stereocenters. The molecule has 0 spiro atoms. The van der Waals surface area contributed by atoms with Crippen molar-refractivity contribution in [3.63, 3.8) is 0 Å². The average molecular weight is 497 g/mol. The molecule has 1 aliphatic heterocycles. The monoisotopic (exact) mass is 496 g/mol. The molecule has 0 bridgehead atoms. The molecule has 0 radical (unpaired) electrons. The minimum absolute atomic E-state index is 0.164. The fraction of sp³-hybridized carbons (Fsp3) is 0.308. The van der Waals surface area contributed by atoms with Gasteiger partial charge in [-0.25, -0.2) is 14.4 Å². The molecule has 1 aliphatic rings. The maximum atomic E-state index is 14.9. The molecule has 0 amide bonds. The van der Waals surface area contributed by atoms with Gasteiger partial charge in [0.15, 0.2) is 12.1 Å². The van der Waals surface area contributed by atoms with Crippen molar-refractivity contribution in [1.29, 1.82) is 0 Å². The summed E-state index contributed by atoms with van der Waals surface area (Å²) in [5.74, 6) is 0.0264. The van der Waals surface area contributed by atoms with Gasteiger partial charge in [-0.3, -0.25) is 0 Å². The van der Waals surface area contributed by atoms with Gasteiger partial charge in [0, 0.05) is 34.3 Å². The minimum Gasteiger partial charge on any atom is -0.353 e. The van der Waals surface area contributed by atoms with Gasteiger partial charge in [-0.1, -0.05) is 76.6 Å². The van der Waals surface area contributed by atoms with E-state index in [2.05, 4.69) is 20.9 Å². The van der Waals surface area contributed by atoms with Crippen LogP contribution in [-0.4, -0.2) is 30.2 Å². The van der Waals surface area contributed by atoms with E-state index in [-0.39, 0.29) is 16.9 Å². The number of halogens is 2. The summed E-state index contributed by atoms with van der Waals surface area (Å²) < 4.78 is 26.4. The highest BCUT2D eigenvalue weighted by Gasteiger charge is 2.21. The van der Waals surface area contributed by atoms with Crippen LogP contribution in [0, 0.1) is 5.82 Å². The Labute approximate surface area is 196 Å². The Morgan fingerprint density at radius 1 is 1.06 bits per heavy atom. The van der Waals surface area contributed by atoms with Crippen molar-refractivity contribution in [1.82, 2.24) is 4.98 Å². The summed E-state index contributed by atoms with van der Waals surface area (Å²) >= 11 is 3.65. The van der Waals surface area contributed by atoms with Gasteiger partial charge < -0.3 is 9.47 Å². The van der Waals surface area contributed by atoms with Gasteiger partial charge >= 0.3 is 0 Å². The first-order chi connectivity index (χ1) is 15.7. The van der Waals surface area contributed by atoms with E-state index < -0.39 is 0 Å². The zero-order valence-corrected chi connectivity index (χ0v) is 19.4. The van der Waals surface area contributed by atoms with Crippen LogP contribution in [0.3, 0.4) is 0 Å². The van der Waals surface area contributed by atoms with Gasteiger partial charge in [-0.05, 0) is 31.7 Å². The maximum absolute atomic E-state index is 14.9. The summed E-state index contributed by atoms with van der Waals surface area (Å²) in [5, 5.41) is 0. The number of aliphatic imine (C=N–C) groups is 1. The maximum Gasteiger partial charge on any atom is 0.159 e. The molecule has 4 rings (SSSR count). The molecule has 166 valence electrons. The van der Waals surface area contributed by atoms with Crippen LogP contribution in [-0.2, 0) is 9.47 Å². The molecular weight excluding hydrogens is 471 g/mol. The van der Waals surface area contributed by atoms with E-state index in [9.17, 15) is 4.39 Å². The van der Waals surface area contributed by atoms with Crippen LogP contribution in [0.5, 0.6) is 0 Å². The van der Waals surface area contributed by atoms with E-state index in [1.165, 1.54) is 12.3 Å².